The van der Waals surface area contributed by atoms with Crippen molar-refractivity contribution >= 4 is 29.1 Å². The summed E-state index contributed by atoms with van der Waals surface area (Å²) in [6.07, 6.45) is 0.412. The summed E-state index contributed by atoms with van der Waals surface area (Å²) in [4.78, 5) is 27.6. The van der Waals surface area contributed by atoms with Crippen LogP contribution in [0.3, 0.4) is 0 Å². The van der Waals surface area contributed by atoms with Crippen LogP contribution in [-0.2, 0) is 16.0 Å². The molecule has 158 valence electrons. The minimum Gasteiger partial charge on any atom is -0.493 e. The normalized spacial score (nSPS) is 13.9. The molecule has 1 N–H and O–H groups in total. The molecule has 0 spiro atoms. The van der Waals surface area contributed by atoms with Crippen molar-refractivity contribution in [3.63, 3.8) is 0 Å². The van der Waals surface area contributed by atoms with Crippen LogP contribution in [0.15, 0.2) is 47.4 Å². The molecule has 1 aliphatic heterocycles. The number of benzene rings is 2. The number of hydrogen-bond acceptors (Lipinski definition) is 6. The number of amides is 2. The number of aliphatic hydroxyl groups is 1. The van der Waals surface area contributed by atoms with Gasteiger partial charge in [-0.15, -0.1) is 11.8 Å². The zero-order valence-corrected chi connectivity index (χ0v) is 17.5. The lowest BCUT2D eigenvalue weighted by Gasteiger charge is -2.15. The van der Waals surface area contributed by atoms with Crippen LogP contribution in [0, 0.1) is 5.82 Å². The highest BCUT2D eigenvalue weighted by atomic mass is 32.2. The maximum absolute atomic E-state index is 13.2. The molecule has 2 aromatic carbocycles. The molecule has 0 unspecified atom stereocenters. The van der Waals surface area contributed by atoms with Gasteiger partial charge in [0.05, 0.1) is 31.3 Å². The third-order valence-corrected chi connectivity index (χ3v) is 5.73. The average molecular weight is 431 g/mol. The Morgan fingerprint density at radius 1 is 1.00 bits per heavy atom. The number of rotatable bonds is 9. The Balaban J connectivity index is 1.90. The number of aliphatic hydroxyl groups excluding tert-OH is 1. The van der Waals surface area contributed by atoms with E-state index in [-0.39, 0.29) is 30.3 Å². The minimum absolute atomic E-state index is 0.121. The first-order chi connectivity index (χ1) is 14.5. The highest BCUT2D eigenvalue weighted by Crippen LogP contribution is 2.39. The van der Waals surface area contributed by atoms with Crippen molar-refractivity contribution in [2.24, 2.45) is 0 Å². The van der Waals surface area contributed by atoms with Gasteiger partial charge in [0.1, 0.15) is 5.82 Å². The summed E-state index contributed by atoms with van der Waals surface area (Å²) in [5, 5.41) is 9.21. The van der Waals surface area contributed by atoms with Crippen molar-refractivity contribution in [3.05, 3.63) is 64.3 Å². The molecule has 3 rings (SSSR count). The molecule has 0 atom stereocenters. The molecule has 1 aliphatic rings. The van der Waals surface area contributed by atoms with Crippen LogP contribution in [0.5, 0.6) is 11.5 Å². The van der Waals surface area contributed by atoms with Crippen molar-refractivity contribution in [3.8, 4) is 11.5 Å². The van der Waals surface area contributed by atoms with Gasteiger partial charge in [0, 0.05) is 12.3 Å². The second-order valence-electron chi connectivity index (χ2n) is 6.48. The standard InChI is InChI=1S/C22H22FNO5S/c1-28-17-8-5-15(13-18(17)29-2)19-20(30-12-11-25)22(27)24(21(19)26)10-9-14-3-6-16(23)7-4-14/h3-8,13,25H,9-12H2,1-2H3. The largest absolute Gasteiger partial charge is 0.493 e. The zero-order chi connectivity index (χ0) is 21.7. The lowest BCUT2D eigenvalue weighted by Crippen LogP contribution is -2.33. The van der Waals surface area contributed by atoms with Gasteiger partial charge >= 0.3 is 0 Å². The van der Waals surface area contributed by atoms with Gasteiger partial charge in [0.25, 0.3) is 11.8 Å². The number of methoxy groups -OCH3 is 2. The summed E-state index contributed by atoms with van der Waals surface area (Å²) in [6.45, 7) is 0.0493. The van der Waals surface area contributed by atoms with Crippen LogP contribution >= 0.6 is 11.8 Å². The zero-order valence-electron chi connectivity index (χ0n) is 16.7. The summed E-state index contributed by atoms with van der Waals surface area (Å²) in [5.74, 6) is 0.0967. The molecular formula is C22H22FNO5S. The highest BCUT2D eigenvalue weighted by Gasteiger charge is 2.39. The second-order valence-corrected chi connectivity index (χ2v) is 7.59. The van der Waals surface area contributed by atoms with E-state index in [0.29, 0.717) is 28.4 Å². The molecule has 8 heteroatoms. The minimum atomic E-state index is -0.408. The van der Waals surface area contributed by atoms with Gasteiger partial charge in [-0.3, -0.25) is 14.5 Å². The molecule has 1 heterocycles. The molecule has 0 bridgehead atoms. The molecule has 0 aliphatic carbocycles. The van der Waals surface area contributed by atoms with Crippen LogP contribution < -0.4 is 9.47 Å². The summed E-state index contributed by atoms with van der Waals surface area (Å²) in [5.41, 5.74) is 1.63. The monoisotopic (exact) mass is 431 g/mol. The topological polar surface area (TPSA) is 76.1 Å². The van der Waals surface area contributed by atoms with E-state index in [4.69, 9.17) is 9.47 Å². The van der Waals surface area contributed by atoms with E-state index in [1.165, 1.54) is 31.3 Å². The molecule has 6 nitrogen and oxygen atoms in total. The lowest BCUT2D eigenvalue weighted by atomic mass is 10.1. The van der Waals surface area contributed by atoms with Gasteiger partial charge < -0.3 is 14.6 Å². The van der Waals surface area contributed by atoms with Crippen LogP contribution in [0.4, 0.5) is 4.39 Å². The van der Waals surface area contributed by atoms with E-state index in [1.807, 2.05) is 0 Å². The summed E-state index contributed by atoms with van der Waals surface area (Å²) in [6, 6.07) is 11.0. The SMILES string of the molecule is COc1ccc(C2=C(SCCO)C(=O)N(CCc3ccc(F)cc3)C2=O)cc1OC. The Bertz CT molecular complexity index is 974. The molecule has 0 aromatic heterocycles. The second kappa shape index (κ2) is 9.77. The van der Waals surface area contributed by atoms with Crippen molar-refractivity contribution in [2.45, 2.75) is 6.42 Å². The van der Waals surface area contributed by atoms with Crippen molar-refractivity contribution in [1.82, 2.24) is 4.90 Å². The Morgan fingerprint density at radius 2 is 1.70 bits per heavy atom. The number of imide groups is 1. The maximum Gasteiger partial charge on any atom is 0.267 e. The van der Waals surface area contributed by atoms with Crippen LogP contribution in [0.1, 0.15) is 11.1 Å². The van der Waals surface area contributed by atoms with E-state index in [2.05, 4.69) is 0 Å². The van der Waals surface area contributed by atoms with Crippen molar-refractivity contribution in [2.75, 3.05) is 33.1 Å². The summed E-state index contributed by atoms with van der Waals surface area (Å²) >= 11 is 1.15. The third-order valence-electron chi connectivity index (χ3n) is 4.67. The average Bonchev–Trinajstić information content (AvgIpc) is 3.00. The number of carbonyl (C=O) groups is 2. The van der Waals surface area contributed by atoms with E-state index in [1.54, 1.807) is 30.3 Å². The third kappa shape index (κ3) is 4.49. The molecule has 0 saturated carbocycles. The Labute approximate surface area is 178 Å². The maximum atomic E-state index is 13.2. The Hall–Kier alpha value is -2.84. The number of hydrogen-bond donors (Lipinski definition) is 1. The lowest BCUT2D eigenvalue weighted by molar-refractivity contribution is -0.136. The van der Waals surface area contributed by atoms with Gasteiger partial charge in [-0.1, -0.05) is 18.2 Å². The highest BCUT2D eigenvalue weighted by molar-refractivity contribution is 8.04. The Kier molecular flexibility index (Phi) is 7.12. The molecule has 0 fully saturated rings. The quantitative estimate of drug-likeness (QED) is 0.616. The fraction of sp³-hybridized carbons (Fsp3) is 0.273. The fourth-order valence-corrected chi connectivity index (χ4v) is 4.06. The van der Waals surface area contributed by atoms with Crippen molar-refractivity contribution < 1.29 is 28.6 Å². The first-order valence-corrected chi connectivity index (χ1v) is 10.3. The van der Waals surface area contributed by atoms with Gasteiger partial charge in [0.15, 0.2) is 11.5 Å². The molecule has 2 amide bonds. The number of thioether (sulfide) groups is 1. The Morgan fingerprint density at radius 3 is 2.33 bits per heavy atom. The van der Waals surface area contributed by atoms with E-state index in [9.17, 15) is 19.1 Å². The fourth-order valence-electron chi connectivity index (χ4n) is 3.18. The first kappa shape index (κ1) is 21.9. The van der Waals surface area contributed by atoms with Crippen molar-refractivity contribution in [1.29, 1.82) is 0 Å². The first-order valence-electron chi connectivity index (χ1n) is 9.31. The number of ether oxygens (including phenoxy) is 2. The molecule has 2 aromatic rings. The van der Waals surface area contributed by atoms with E-state index >= 15 is 0 Å². The van der Waals surface area contributed by atoms with Gasteiger partial charge in [-0.25, -0.2) is 4.39 Å². The number of halogens is 1. The smallest absolute Gasteiger partial charge is 0.267 e. The van der Waals surface area contributed by atoms with E-state index < -0.39 is 11.8 Å². The van der Waals surface area contributed by atoms with Gasteiger partial charge in [-0.05, 0) is 41.8 Å². The predicted octanol–water partition coefficient (Wildman–Crippen LogP) is 2.89. The van der Waals surface area contributed by atoms with Crippen LogP contribution in [0.2, 0.25) is 0 Å². The number of carbonyl (C=O) groups excluding carboxylic acids is 2. The van der Waals surface area contributed by atoms with Crippen LogP contribution in [-0.4, -0.2) is 54.9 Å². The van der Waals surface area contributed by atoms with Gasteiger partial charge in [-0.2, -0.15) is 0 Å². The summed E-state index contributed by atoms with van der Waals surface area (Å²) in [7, 11) is 3.01. The molecule has 0 radical (unpaired) electrons. The molecular weight excluding hydrogens is 409 g/mol. The predicted molar refractivity (Wildman–Crippen MR) is 113 cm³/mol. The molecule has 0 saturated heterocycles. The number of nitrogens with zero attached hydrogens (tertiary/aromatic N) is 1. The van der Waals surface area contributed by atoms with Gasteiger partial charge in [0.2, 0.25) is 0 Å². The van der Waals surface area contributed by atoms with Crippen LogP contribution in [0.25, 0.3) is 5.57 Å². The summed E-state index contributed by atoms with van der Waals surface area (Å²) < 4.78 is 23.7. The van der Waals surface area contributed by atoms with E-state index in [0.717, 1.165) is 17.3 Å². The molecule has 30 heavy (non-hydrogen) atoms.